The molecule has 0 atom stereocenters. The van der Waals surface area contributed by atoms with Crippen LogP contribution in [0.5, 0.6) is 11.6 Å². The van der Waals surface area contributed by atoms with Crippen LogP contribution in [0.4, 0.5) is 14.6 Å². The molecule has 6 heteroatoms. The quantitative estimate of drug-likeness (QED) is 0.862. The van der Waals surface area contributed by atoms with E-state index in [9.17, 15) is 8.78 Å². The van der Waals surface area contributed by atoms with Crippen molar-refractivity contribution in [2.75, 3.05) is 18.6 Å². The summed E-state index contributed by atoms with van der Waals surface area (Å²) in [5, 5.41) is 2.53. The largest absolute Gasteiger partial charge is 0.436 e. The summed E-state index contributed by atoms with van der Waals surface area (Å²) in [5.74, 6) is -1.48. The van der Waals surface area contributed by atoms with Crippen LogP contribution in [0, 0.1) is 11.6 Å². The van der Waals surface area contributed by atoms with E-state index in [-0.39, 0.29) is 11.7 Å². The standard InChI is InChI=1S/C13H12F2N2OS/c1-16-12-10(14)7-11(15)13(17-12)18-8-3-5-9(19-2)6-4-8/h3-7H,1-2H3,(H,16,17). The lowest BCUT2D eigenvalue weighted by Gasteiger charge is -2.08. The smallest absolute Gasteiger partial charge is 0.258 e. The average molecular weight is 282 g/mol. The monoisotopic (exact) mass is 282 g/mol. The molecule has 0 radical (unpaired) electrons. The van der Waals surface area contributed by atoms with Crippen LogP contribution in [-0.4, -0.2) is 18.3 Å². The SMILES string of the molecule is CNc1nc(Oc2ccc(SC)cc2)c(F)cc1F. The Labute approximate surface area is 114 Å². The molecule has 0 spiro atoms. The number of pyridine rings is 1. The van der Waals surface area contributed by atoms with E-state index in [0.29, 0.717) is 5.75 Å². The molecular weight excluding hydrogens is 270 g/mol. The molecule has 1 N–H and O–H groups in total. The fourth-order valence-corrected chi connectivity index (χ4v) is 1.86. The molecular formula is C13H12F2N2OS. The van der Waals surface area contributed by atoms with Gasteiger partial charge in [-0.05, 0) is 30.5 Å². The number of halogens is 2. The second kappa shape index (κ2) is 5.88. The minimum Gasteiger partial charge on any atom is -0.436 e. The zero-order valence-corrected chi connectivity index (χ0v) is 11.2. The molecule has 1 heterocycles. The summed E-state index contributed by atoms with van der Waals surface area (Å²) < 4.78 is 32.1. The molecule has 0 fully saturated rings. The van der Waals surface area contributed by atoms with E-state index in [0.717, 1.165) is 11.0 Å². The zero-order chi connectivity index (χ0) is 13.8. The van der Waals surface area contributed by atoms with E-state index in [1.54, 1.807) is 23.9 Å². The van der Waals surface area contributed by atoms with Crippen LogP contribution in [0.2, 0.25) is 0 Å². The fraction of sp³-hybridized carbons (Fsp3) is 0.154. The van der Waals surface area contributed by atoms with Crippen molar-refractivity contribution in [3.8, 4) is 11.6 Å². The van der Waals surface area contributed by atoms with Gasteiger partial charge in [0, 0.05) is 18.0 Å². The Bertz CT molecular complexity index is 576. The molecule has 0 unspecified atom stereocenters. The van der Waals surface area contributed by atoms with Crippen molar-refractivity contribution in [2.45, 2.75) is 4.90 Å². The van der Waals surface area contributed by atoms with E-state index in [4.69, 9.17) is 4.74 Å². The molecule has 100 valence electrons. The molecule has 0 bridgehead atoms. The normalized spacial score (nSPS) is 10.3. The summed E-state index contributed by atoms with van der Waals surface area (Å²) in [6.45, 7) is 0. The van der Waals surface area contributed by atoms with Crippen LogP contribution in [-0.2, 0) is 0 Å². The molecule has 0 saturated heterocycles. The topological polar surface area (TPSA) is 34.2 Å². The summed E-state index contributed by atoms with van der Waals surface area (Å²) in [5.41, 5.74) is 0. The summed E-state index contributed by atoms with van der Waals surface area (Å²) in [7, 11) is 1.50. The molecule has 0 amide bonds. The summed E-state index contributed by atoms with van der Waals surface area (Å²) in [6, 6.07) is 7.84. The summed E-state index contributed by atoms with van der Waals surface area (Å²) in [6.07, 6.45) is 1.95. The third-order valence-electron chi connectivity index (χ3n) is 2.41. The van der Waals surface area contributed by atoms with Crippen LogP contribution >= 0.6 is 11.8 Å². The minimum absolute atomic E-state index is 0.0582. The first kappa shape index (κ1) is 13.6. The van der Waals surface area contributed by atoms with Crippen LogP contribution in [0.3, 0.4) is 0 Å². The van der Waals surface area contributed by atoms with Gasteiger partial charge < -0.3 is 10.1 Å². The van der Waals surface area contributed by atoms with Crippen molar-refractivity contribution < 1.29 is 13.5 Å². The highest BCUT2D eigenvalue weighted by Gasteiger charge is 2.12. The van der Waals surface area contributed by atoms with Crippen molar-refractivity contribution in [2.24, 2.45) is 0 Å². The van der Waals surface area contributed by atoms with Gasteiger partial charge in [-0.25, -0.2) is 8.78 Å². The maximum atomic E-state index is 13.5. The highest BCUT2D eigenvalue weighted by Crippen LogP contribution is 2.27. The number of nitrogens with zero attached hydrogens (tertiary/aromatic N) is 1. The Balaban J connectivity index is 2.26. The number of nitrogens with one attached hydrogen (secondary N) is 1. The molecule has 1 aromatic heterocycles. The van der Waals surface area contributed by atoms with Gasteiger partial charge >= 0.3 is 0 Å². The van der Waals surface area contributed by atoms with E-state index in [1.807, 2.05) is 18.4 Å². The van der Waals surface area contributed by atoms with Gasteiger partial charge in [-0.3, -0.25) is 0 Å². The van der Waals surface area contributed by atoms with Gasteiger partial charge in [-0.15, -0.1) is 11.8 Å². The number of hydrogen-bond acceptors (Lipinski definition) is 4. The lowest BCUT2D eigenvalue weighted by atomic mass is 10.3. The third kappa shape index (κ3) is 3.14. The number of anilines is 1. The molecule has 1 aromatic carbocycles. The maximum absolute atomic E-state index is 13.5. The Morgan fingerprint density at radius 3 is 2.42 bits per heavy atom. The predicted octanol–water partition coefficient (Wildman–Crippen LogP) is 3.92. The highest BCUT2D eigenvalue weighted by atomic mass is 32.2. The molecule has 19 heavy (non-hydrogen) atoms. The molecule has 2 rings (SSSR count). The lowest BCUT2D eigenvalue weighted by molar-refractivity contribution is 0.418. The number of rotatable bonds is 4. The Morgan fingerprint density at radius 1 is 1.16 bits per heavy atom. The van der Waals surface area contributed by atoms with Gasteiger partial charge in [-0.1, -0.05) is 0 Å². The lowest BCUT2D eigenvalue weighted by Crippen LogP contribution is -2.00. The average Bonchev–Trinajstić information content (AvgIpc) is 2.42. The molecule has 0 aliphatic rings. The fourth-order valence-electron chi connectivity index (χ4n) is 1.45. The molecule has 0 saturated carbocycles. The Hall–Kier alpha value is -1.82. The first-order valence-corrected chi connectivity index (χ1v) is 6.72. The minimum atomic E-state index is -0.842. The van der Waals surface area contributed by atoms with Crippen molar-refractivity contribution in [3.63, 3.8) is 0 Å². The van der Waals surface area contributed by atoms with E-state index in [2.05, 4.69) is 10.3 Å². The summed E-state index contributed by atoms with van der Waals surface area (Å²) in [4.78, 5) is 4.81. The maximum Gasteiger partial charge on any atom is 0.258 e. The molecule has 0 aliphatic heterocycles. The summed E-state index contributed by atoms with van der Waals surface area (Å²) >= 11 is 1.59. The van der Waals surface area contributed by atoms with Crippen molar-refractivity contribution in [3.05, 3.63) is 42.0 Å². The third-order valence-corrected chi connectivity index (χ3v) is 3.15. The number of benzene rings is 1. The second-order valence-corrected chi connectivity index (χ2v) is 4.51. The van der Waals surface area contributed by atoms with Crippen LogP contribution < -0.4 is 10.1 Å². The van der Waals surface area contributed by atoms with Crippen molar-refractivity contribution in [1.82, 2.24) is 4.98 Å². The van der Waals surface area contributed by atoms with Crippen molar-refractivity contribution in [1.29, 1.82) is 0 Å². The van der Waals surface area contributed by atoms with Crippen LogP contribution in [0.25, 0.3) is 0 Å². The van der Waals surface area contributed by atoms with Crippen molar-refractivity contribution >= 4 is 17.6 Å². The van der Waals surface area contributed by atoms with Gasteiger partial charge in [0.2, 0.25) is 0 Å². The van der Waals surface area contributed by atoms with Crippen LogP contribution in [0.15, 0.2) is 35.2 Å². The van der Waals surface area contributed by atoms with Gasteiger partial charge in [0.15, 0.2) is 17.5 Å². The Morgan fingerprint density at radius 2 is 1.84 bits per heavy atom. The van der Waals surface area contributed by atoms with Gasteiger partial charge in [0.1, 0.15) is 5.75 Å². The molecule has 2 aromatic rings. The number of thioether (sulfide) groups is 1. The first-order valence-electron chi connectivity index (χ1n) is 5.49. The van der Waals surface area contributed by atoms with Gasteiger partial charge in [-0.2, -0.15) is 4.98 Å². The number of ether oxygens (including phenoxy) is 1. The zero-order valence-electron chi connectivity index (χ0n) is 10.4. The number of aromatic nitrogens is 1. The molecule has 3 nitrogen and oxygen atoms in total. The van der Waals surface area contributed by atoms with E-state index >= 15 is 0 Å². The van der Waals surface area contributed by atoms with Gasteiger partial charge in [0.05, 0.1) is 0 Å². The van der Waals surface area contributed by atoms with E-state index in [1.165, 1.54) is 7.05 Å². The van der Waals surface area contributed by atoms with Gasteiger partial charge in [0.25, 0.3) is 5.88 Å². The van der Waals surface area contributed by atoms with Crippen LogP contribution in [0.1, 0.15) is 0 Å². The highest BCUT2D eigenvalue weighted by molar-refractivity contribution is 7.98. The Kier molecular flexibility index (Phi) is 4.21. The van der Waals surface area contributed by atoms with E-state index < -0.39 is 11.6 Å². The first-order chi connectivity index (χ1) is 9.13. The molecule has 0 aliphatic carbocycles. The predicted molar refractivity (Wildman–Crippen MR) is 72.0 cm³/mol. The number of hydrogen-bond donors (Lipinski definition) is 1. The second-order valence-electron chi connectivity index (χ2n) is 3.63.